The van der Waals surface area contributed by atoms with Crippen LogP contribution < -0.4 is 4.90 Å². The summed E-state index contributed by atoms with van der Waals surface area (Å²) in [5, 5.41) is 0.582. The van der Waals surface area contributed by atoms with Crippen LogP contribution >= 0.6 is 11.6 Å². The van der Waals surface area contributed by atoms with E-state index in [1.807, 2.05) is 18.2 Å². The normalized spacial score (nSPS) is 16.0. The number of ether oxygens (including phenoxy) is 2. The summed E-state index contributed by atoms with van der Waals surface area (Å²) in [5.41, 5.74) is 2.38. The topological polar surface area (TPSA) is 59.1 Å². The van der Waals surface area contributed by atoms with Crippen LogP contribution in [0.15, 0.2) is 66.2 Å². The van der Waals surface area contributed by atoms with Gasteiger partial charge in [0.1, 0.15) is 6.10 Å². The van der Waals surface area contributed by atoms with Gasteiger partial charge in [-0.05, 0) is 35.9 Å². The molecule has 164 valence electrons. The minimum absolute atomic E-state index is 0.417. The number of rotatable bonds is 7. The Morgan fingerprint density at radius 1 is 1.03 bits per heavy atom. The number of esters is 2. The third kappa shape index (κ3) is 6.57. The van der Waals surface area contributed by atoms with Crippen LogP contribution in [0.2, 0.25) is 5.02 Å². The number of methoxy groups -OCH3 is 1. The molecule has 1 saturated heterocycles. The number of hydrogen-bond acceptors (Lipinski definition) is 6. The predicted octanol–water partition coefficient (Wildman–Crippen LogP) is 3.87. The van der Waals surface area contributed by atoms with Crippen molar-refractivity contribution >= 4 is 29.2 Å². The largest absolute Gasteiger partial charge is 0.466 e. The van der Waals surface area contributed by atoms with Crippen LogP contribution in [0.4, 0.5) is 5.69 Å². The first-order valence-electron chi connectivity index (χ1n) is 10.2. The molecule has 0 amide bonds. The molecule has 1 unspecified atom stereocenters. The highest BCUT2D eigenvalue weighted by atomic mass is 35.5. The van der Waals surface area contributed by atoms with E-state index < -0.39 is 18.0 Å². The van der Waals surface area contributed by atoms with Crippen molar-refractivity contribution in [1.29, 1.82) is 0 Å². The summed E-state index contributed by atoms with van der Waals surface area (Å²) >= 11 is 5.98. The molecule has 1 heterocycles. The first-order chi connectivity index (χ1) is 15.0. The van der Waals surface area contributed by atoms with Crippen molar-refractivity contribution in [1.82, 2.24) is 4.90 Å². The number of benzene rings is 2. The molecule has 0 saturated carbocycles. The highest BCUT2D eigenvalue weighted by Crippen LogP contribution is 2.24. The molecule has 0 aromatic heterocycles. The summed E-state index contributed by atoms with van der Waals surface area (Å²) in [7, 11) is 1.35. The SMILES string of the molecule is COC(=O)/C(=C/C(OC(C)=O)c1ccc(Cl)cc1)CN1CCN(c2ccccc2)CC1. The molecule has 1 aliphatic rings. The van der Waals surface area contributed by atoms with Gasteiger partial charge in [-0.15, -0.1) is 0 Å². The minimum Gasteiger partial charge on any atom is -0.466 e. The highest BCUT2D eigenvalue weighted by Gasteiger charge is 2.23. The number of nitrogens with zero attached hydrogens (tertiary/aromatic N) is 2. The molecule has 0 N–H and O–H groups in total. The predicted molar refractivity (Wildman–Crippen MR) is 121 cm³/mol. The van der Waals surface area contributed by atoms with Crippen LogP contribution in [0, 0.1) is 0 Å². The van der Waals surface area contributed by atoms with Gasteiger partial charge in [0.05, 0.1) is 12.7 Å². The van der Waals surface area contributed by atoms with Crippen LogP contribution in [-0.2, 0) is 19.1 Å². The highest BCUT2D eigenvalue weighted by molar-refractivity contribution is 6.30. The molecular weight excluding hydrogens is 416 g/mol. The number of carbonyl (C=O) groups is 2. The van der Waals surface area contributed by atoms with Crippen LogP contribution in [0.3, 0.4) is 0 Å². The molecule has 0 spiro atoms. The number of piperazine rings is 1. The lowest BCUT2D eigenvalue weighted by atomic mass is 10.1. The van der Waals surface area contributed by atoms with E-state index in [1.165, 1.54) is 19.7 Å². The molecule has 6 nitrogen and oxygen atoms in total. The molecule has 0 bridgehead atoms. The molecule has 0 aliphatic carbocycles. The van der Waals surface area contributed by atoms with Gasteiger partial charge in [0.15, 0.2) is 0 Å². The second kappa shape index (κ2) is 11.0. The lowest BCUT2D eigenvalue weighted by Crippen LogP contribution is -2.47. The Labute approximate surface area is 188 Å². The van der Waals surface area contributed by atoms with E-state index in [-0.39, 0.29) is 0 Å². The molecule has 1 aliphatic heterocycles. The Morgan fingerprint density at radius 3 is 2.26 bits per heavy atom. The van der Waals surface area contributed by atoms with Gasteiger partial charge in [-0.25, -0.2) is 4.79 Å². The van der Waals surface area contributed by atoms with Crippen LogP contribution in [-0.4, -0.2) is 56.7 Å². The standard InChI is InChI=1S/C24H27ClN2O4/c1-18(28)31-23(19-8-10-21(25)11-9-19)16-20(24(29)30-2)17-26-12-14-27(15-13-26)22-6-4-3-5-7-22/h3-11,16,23H,12-15,17H2,1-2H3/b20-16+. The average Bonchev–Trinajstić information content (AvgIpc) is 2.79. The van der Waals surface area contributed by atoms with Gasteiger partial charge in [0.25, 0.3) is 0 Å². The number of anilines is 1. The van der Waals surface area contributed by atoms with E-state index in [2.05, 4.69) is 21.9 Å². The fraction of sp³-hybridized carbons (Fsp3) is 0.333. The second-order valence-electron chi connectivity index (χ2n) is 7.36. The van der Waals surface area contributed by atoms with Crippen LogP contribution in [0.5, 0.6) is 0 Å². The summed E-state index contributed by atoms with van der Waals surface area (Å²) in [4.78, 5) is 28.7. The van der Waals surface area contributed by atoms with Gasteiger partial charge >= 0.3 is 11.9 Å². The maximum Gasteiger partial charge on any atom is 0.334 e. The van der Waals surface area contributed by atoms with E-state index in [0.29, 0.717) is 17.1 Å². The van der Waals surface area contributed by atoms with Crippen molar-refractivity contribution in [2.75, 3.05) is 44.7 Å². The van der Waals surface area contributed by atoms with Crippen molar-refractivity contribution in [3.05, 3.63) is 76.8 Å². The average molecular weight is 443 g/mol. The Morgan fingerprint density at radius 2 is 1.68 bits per heavy atom. The van der Waals surface area contributed by atoms with Crippen molar-refractivity contribution in [3.8, 4) is 0 Å². The second-order valence-corrected chi connectivity index (χ2v) is 7.80. The quantitative estimate of drug-likeness (QED) is 0.479. The molecule has 2 aromatic carbocycles. The van der Waals surface area contributed by atoms with E-state index >= 15 is 0 Å². The molecule has 1 atom stereocenters. The third-order valence-corrected chi connectivity index (χ3v) is 5.43. The number of carbonyl (C=O) groups excluding carboxylic acids is 2. The molecule has 3 rings (SSSR count). The molecule has 0 radical (unpaired) electrons. The van der Waals surface area contributed by atoms with Gasteiger partial charge in [-0.2, -0.15) is 0 Å². The molecule has 7 heteroatoms. The Hall–Kier alpha value is -2.83. The molecular formula is C24H27ClN2O4. The van der Waals surface area contributed by atoms with E-state index in [0.717, 1.165) is 31.7 Å². The summed E-state index contributed by atoms with van der Waals surface area (Å²) in [5.74, 6) is -0.867. The summed E-state index contributed by atoms with van der Waals surface area (Å²) < 4.78 is 10.5. The fourth-order valence-electron chi connectivity index (χ4n) is 3.57. The number of para-hydroxylation sites is 1. The van der Waals surface area contributed by atoms with Gasteiger partial charge in [0, 0.05) is 50.4 Å². The zero-order valence-corrected chi connectivity index (χ0v) is 18.5. The van der Waals surface area contributed by atoms with Crippen LogP contribution in [0.25, 0.3) is 0 Å². The zero-order chi connectivity index (χ0) is 22.2. The summed E-state index contributed by atoms with van der Waals surface area (Å²) in [6, 6.07) is 17.3. The Kier molecular flexibility index (Phi) is 8.09. The van der Waals surface area contributed by atoms with E-state index in [4.69, 9.17) is 21.1 Å². The monoisotopic (exact) mass is 442 g/mol. The first kappa shape index (κ1) is 22.8. The molecule has 2 aromatic rings. The lowest BCUT2D eigenvalue weighted by Gasteiger charge is -2.36. The van der Waals surface area contributed by atoms with E-state index in [9.17, 15) is 9.59 Å². The molecule has 31 heavy (non-hydrogen) atoms. The number of hydrogen-bond donors (Lipinski definition) is 0. The maximum atomic E-state index is 12.5. The number of halogens is 1. The van der Waals surface area contributed by atoms with Crippen molar-refractivity contribution < 1.29 is 19.1 Å². The third-order valence-electron chi connectivity index (χ3n) is 5.18. The smallest absolute Gasteiger partial charge is 0.334 e. The van der Waals surface area contributed by atoms with Gasteiger partial charge in [0.2, 0.25) is 0 Å². The summed E-state index contributed by atoms with van der Waals surface area (Å²) in [6.45, 7) is 5.11. The zero-order valence-electron chi connectivity index (χ0n) is 17.8. The minimum atomic E-state index is -0.700. The molecule has 1 fully saturated rings. The van der Waals surface area contributed by atoms with Gasteiger partial charge in [-0.1, -0.05) is 41.9 Å². The Bertz CT molecular complexity index is 907. The fourth-order valence-corrected chi connectivity index (χ4v) is 3.70. The maximum absolute atomic E-state index is 12.5. The van der Waals surface area contributed by atoms with Crippen molar-refractivity contribution in [2.45, 2.75) is 13.0 Å². The van der Waals surface area contributed by atoms with Gasteiger partial charge < -0.3 is 14.4 Å². The van der Waals surface area contributed by atoms with Crippen molar-refractivity contribution in [3.63, 3.8) is 0 Å². The first-order valence-corrected chi connectivity index (χ1v) is 10.6. The lowest BCUT2D eigenvalue weighted by molar-refractivity contribution is -0.145. The Balaban J connectivity index is 1.74. The van der Waals surface area contributed by atoms with Gasteiger partial charge in [-0.3, -0.25) is 9.69 Å². The summed E-state index contributed by atoms with van der Waals surface area (Å²) in [6.07, 6.45) is 0.967. The van der Waals surface area contributed by atoms with Crippen LogP contribution in [0.1, 0.15) is 18.6 Å². The van der Waals surface area contributed by atoms with E-state index in [1.54, 1.807) is 30.3 Å². The van der Waals surface area contributed by atoms with Crippen molar-refractivity contribution in [2.24, 2.45) is 0 Å².